The van der Waals surface area contributed by atoms with Crippen molar-refractivity contribution in [2.24, 2.45) is 5.92 Å². The second kappa shape index (κ2) is 8.58. The summed E-state index contributed by atoms with van der Waals surface area (Å²) < 4.78 is 18.9. The van der Waals surface area contributed by atoms with Gasteiger partial charge in [0.15, 0.2) is 0 Å². The Balaban J connectivity index is 1.54. The molecule has 5 nitrogen and oxygen atoms in total. The molecule has 1 atom stereocenters. The van der Waals surface area contributed by atoms with Crippen LogP contribution in [-0.4, -0.2) is 24.0 Å². The molecule has 3 rings (SSSR count). The number of rotatable bonds is 7. The minimum Gasteiger partial charge on any atom is -0.439 e. The van der Waals surface area contributed by atoms with Gasteiger partial charge >= 0.3 is 0 Å². The van der Waals surface area contributed by atoms with Crippen molar-refractivity contribution in [1.82, 2.24) is 15.6 Å². The normalized spacial score (nSPS) is 16.6. The van der Waals surface area contributed by atoms with E-state index in [1.807, 2.05) is 6.07 Å². The summed E-state index contributed by atoms with van der Waals surface area (Å²) in [6.07, 6.45) is 4.17. The van der Waals surface area contributed by atoms with Crippen LogP contribution in [0.15, 0.2) is 42.6 Å². The summed E-state index contributed by atoms with van der Waals surface area (Å²) in [7, 11) is 0. The Morgan fingerprint density at radius 3 is 3.08 bits per heavy atom. The molecule has 0 radical (unpaired) electrons. The number of amides is 1. The fraction of sp³-hybridized carbons (Fsp3) is 0.368. The molecule has 132 valence electrons. The third-order valence-corrected chi connectivity index (χ3v) is 4.28. The summed E-state index contributed by atoms with van der Waals surface area (Å²) in [5, 5.41) is 6.21. The average molecular weight is 343 g/mol. The van der Waals surface area contributed by atoms with Gasteiger partial charge in [-0.05, 0) is 50.0 Å². The van der Waals surface area contributed by atoms with Crippen molar-refractivity contribution >= 4 is 5.91 Å². The lowest BCUT2D eigenvalue weighted by molar-refractivity contribution is -0.121. The number of benzene rings is 1. The number of ether oxygens (including phenoxy) is 1. The topological polar surface area (TPSA) is 63.2 Å². The molecule has 2 heterocycles. The van der Waals surface area contributed by atoms with Gasteiger partial charge in [0.25, 0.3) is 0 Å². The highest BCUT2D eigenvalue weighted by molar-refractivity contribution is 5.75. The molecule has 25 heavy (non-hydrogen) atoms. The highest BCUT2D eigenvalue weighted by Crippen LogP contribution is 2.23. The lowest BCUT2D eigenvalue weighted by Gasteiger charge is -2.12. The van der Waals surface area contributed by atoms with Gasteiger partial charge in [-0.15, -0.1) is 0 Å². The first kappa shape index (κ1) is 17.4. The minimum absolute atomic E-state index is 0.0208. The Labute approximate surface area is 146 Å². The highest BCUT2D eigenvalue weighted by Gasteiger charge is 2.16. The molecule has 2 aromatic rings. The second-order valence-corrected chi connectivity index (χ2v) is 6.20. The van der Waals surface area contributed by atoms with Crippen molar-refractivity contribution in [3.63, 3.8) is 0 Å². The summed E-state index contributed by atoms with van der Waals surface area (Å²) >= 11 is 0. The third kappa shape index (κ3) is 5.26. The molecule has 1 aromatic carbocycles. The van der Waals surface area contributed by atoms with Crippen LogP contribution in [-0.2, 0) is 11.3 Å². The maximum atomic E-state index is 13.3. The van der Waals surface area contributed by atoms with E-state index in [0.717, 1.165) is 31.5 Å². The SMILES string of the molecule is O=C(CCC1CCNC1)NCc1cccnc1Oc1cccc(F)c1. The summed E-state index contributed by atoms with van der Waals surface area (Å²) in [4.78, 5) is 16.2. The summed E-state index contributed by atoms with van der Waals surface area (Å²) in [5.74, 6) is 0.988. The smallest absolute Gasteiger partial charge is 0.224 e. The number of pyridine rings is 1. The summed E-state index contributed by atoms with van der Waals surface area (Å²) in [6.45, 7) is 2.38. The van der Waals surface area contributed by atoms with Gasteiger partial charge in [-0.2, -0.15) is 0 Å². The van der Waals surface area contributed by atoms with Crippen molar-refractivity contribution < 1.29 is 13.9 Å². The van der Waals surface area contributed by atoms with E-state index >= 15 is 0 Å². The molecule has 0 bridgehead atoms. The molecule has 2 N–H and O–H groups in total. The Morgan fingerprint density at radius 1 is 1.36 bits per heavy atom. The summed E-state index contributed by atoms with van der Waals surface area (Å²) in [6, 6.07) is 9.51. The first-order chi connectivity index (χ1) is 12.2. The van der Waals surface area contributed by atoms with Crippen LogP contribution in [0.1, 0.15) is 24.8 Å². The van der Waals surface area contributed by atoms with Crippen molar-refractivity contribution in [2.75, 3.05) is 13.1 Å². The van der Waals surface area contributed by atoms with Crippen LogP contribution in [0.4, 0.5) is 4.39 Å². The molecular weight excluding hydrogens is 321 g/mol. The van der Waals surface area contributed by atoms with Crippen molar-refractivity contribution in [3.8, 4) is 11.6 Å². The number of carbonyl (C=O) groups excluding carboxylic acids is 1. The molecular formula is C19H22FN3O2. The lowest BCUT2D eigenvalue weighted by atomic mass is 10.0. The largest absolute Gasteiger partial charge is 0.439 e. The van der Waals surface area contributed by atoms with Crippen molar-refractivity contribution in [1.29, 1.82) is 0 Å². The van der Waals surface area contributed by atoms with Gasteiger partial charge < -0.3 is 15.4 Å². The van der Waals surface area contributed by atoms with Crippen molar-refractivity contribution in [3.05, 3.63) is 54.0 Å². The Hall–Kier alpha value is -2.47. The van der Waals surface area contributed by atoms with Crippen LogP contribution in [0, 0.1) is 11.7 Å². The molecule has 0 aliphatic carbocycles. The second-order valence-electron chi connectivity index (χ2n) is 6.20. The molecule has 1 aliphatic heterocycles. The van der Waals surface area contributed by atoms with E-state index < -0.39 is 0 Å². The zero-order chi connectivity index (χ0) is 17.5. The quantitative estimate of drug-likeness (QED) is 0.811. The van der Waals surface area contributed by atoms with E-state index in [9.17, 15) is 9.18 Å². The number of hydrogen-bond acceptors (Lipinski definition) is 4. The Kier molecular flexibility index (Phi) is 5.95. The Bertz CT molecular complexity index is 717. The molecule has 1 unspecified atom stereocenters. The highest BCUT2D eigenvalue weighted by atomic mass is 19.1. The standard InChI is InChI=1S/C19H22FN3O2/c20-16-4-1-5-17(11-16)25-19-15(3-2-9-22-19)13-23-18(24)7-6-14-8-10-21-12-14/h1-5,9,11,14,21H,6-8,10,12-13H2,(H,23,24). The summed E-state index contributed by atoms with van der Waals surface area (Å²) in [5.41, 5.74) is 0.752. The van der Waals surface area contributed by atoms with Crippen LogP contribution in [0.3, 0.4) is 0 Å². The fourth-order valence-electron chi connectivity index (χ4n) is 2.87. The lowest BCUT2D eigenvalue weighted by Crippen LogP contribution is -2.23. The van der Waals surface area contributed by atoms with Crippen molar-refractivity contribution in [2.45, 2.75) is 25.8 Å². The van der Waals surface area contributed by atoms with E-state index in [1.54, 1.807) is 24.4 Å². The maximum Gasteiger partial charge on any atom is 0.224 e. The molecule has 1 saturated heterocycles. The molecule has 1 aliphatic rings. The predicted octanol–water partition coefficient (Wildman–Crippen LogP) is 3.02. The van der Waals surface area contributed by atoms with Crippen LogP contribution in [0.5, 0.6) is 11.6 Å². The van der Waals surface area contributed by atoms with Crippen LogP contribution in [0.2, 0.25) is 0 Å². The monoisotopic (exact) mass is 343 g/mol. The van der Waals surface area contributed by atoms with Crippen LogP contribution < -0.4 is 15.4 Å². The van der Waals surface area contributed by atoms with Gasteiger partial charge in [-0.3, -0.25) is 4.79 Å². The number of nitrogens with zero attached hydrogens (tertiary/aromatic N) is 1. The minimum atomic E-state index is -0.371. The average Bonchev–Trinajstić information content (AvgIpc) is 3.13. The number of hydrogen-bond donors (Lipinski definition) is 2. The molecule has 0 saturated carbocycles. The number of carbonyl (C=O) groups is 1. The van der Waals surface area contributed by atoms with Gasteiger partial charge in [0.05, 0.1) is 0 Å². The fourth-order valence-corrected chi connectivity index (χ4v) is 2.87. The maximum absolute atomic E-state index is 13.3. The van der Waals surface area contributed by atoms with Gasteiger partial charge in [0.1, 0.15) is 11.6 Å². The van der Waals surface area contributed by atoms with Gasteiger partial charge in [0.2, 0.25) is 11.8 Å². The Morgan fingerprint density at radius 2 is 2.28 bits per heavy atom. The molecule has 1 aromatic heterocycles. The van der Waals surface area contributed by atoms with E-state index in [0.29, 0.717) is 30.5 Å². The molecule has 6 heteroatoms. The van der Waals surface area contributed by atoms with Gasteiger partial charge in [-0.25, -0.2) is 9.37 Å². The zero-order valence-electron chi connectivity index (χ0n) is 14.0. The van der Waals surface area contributed by atoms with E-state index in [2.05, 4.69) is 15.6 Å². The van der Waals surface area contributed by atoms with Gasteiger partial charge in [0, 0.05) is 30.8 Å². The number of nitrogens with one attached hydrogen (secondary N) is 2. The van der Waals surface area contributed by atoms with E-state index in [-0.39, 0.29) is 11.7 Å². The van der Waals surface area contributed by atoms with Crippen LogP contribution in [0.25, 0.3) is 0 Å². The number of halogens is 1. The first-order valence-electron chi connectivity index (χ1n) is 8.55. The van der Waals surface area contributed by atoms with Crippen LogP contribution >= 0.6 is 0 Å². The van der Waals surface area contributed by atoms with E-state index in [1.165, 1.54) is 12.1 Å². The molecule has 1 fully saturated rings. The third-order valence-electron chi connectivity index (χ3n) is 4.28. The predicted molar refractivity (Wildman–Crippen MR) is 92.8 cm³/mol. The first-order valence-corrected chi connectivity index (χ1v) is 8.55. The van der Waals surface area contributed by atoms with E-state index in [4.69, 9.17) is 4.74 Å². The van der Waals surface area contributed by atoms with Gasteiger partial charge in [-0.1, -0.05) is 12.1 Å². The molecule has 1 amide bonds. The zero-order valence-corrected chi connectivity index (χ0v) is 14.0. The number of aromatic nitrogens is 1. The molecule has 0 spiro atoms.